The van der Waals surface area contributed by atoms with Crippen LogP contribution in [0.2, 0.25) is 0 Å². The molecule has 0 aromatic heterocycles. The lowest BCUT2D eigenvalue weighted by Gasteiger charge is -2.26. The van der Waals surface area contributed by atoms with Crippen molar-refractivity contribution in [3.63, 3.8) is 0 Å². The highest BCUT2D eigenvalue weighted by molar-refractivity contribution is 7.53. The van der Waals surface area contributed by atoms with Crippen LogP contribution in [0.4, 0.5) is 0 Å². The van der Waals surface area contributed by atoms with Crippen molar-refractivity contribution in [2.75, 3.05) is 12.3 Å². The van der Waals surface area contributed by atoms with Gasteiger partial charge in [-0.05, 0) is 0 Å². The lowest BCUT2D eigenvalue weighted by atomic mass is 10.2. The molecule has 0 aromatic rings. The third-order valence-corrected chi connectivity index (χ3v) is 2.94. The van der Waals surface area contributed by atoms with Gasteiger partial charge >= 0.3 is 5.97 Å². The summed E-state index contributed by atoms with van der Waals surface area (Å²) in [5, 5.41) is 8.25. The van der Waals surface area contributed by atoms with E-state index in [4.69, 9.17) is 10.00 Å². The highest BCUT2D eigenvalue weighted by atomic mass is 31.1. The largest absolute Gasteiger partial charge is 0.481 e. The maximum atomic E-state index is 10.0. The van der Waals surface area contributed by atoms with Gasteiger partial charge in [0.05, 0.1) is 5.92 Å². The first kappa shape index (κ1) is 5.99. The lowest BCUT2D eigenvalue weighted by Crippen LogP contribution is -2.29. The number of rotatable bonds is 1. The minimum Gasteiger partial charge on any atom is -0.481 e. The molecule has 3 nitrogen and oxygen atoms in total. The molecule has 0 aliphatic carbocycles. The molecule has 4 heteroatoms. The van der Waals surface area contributed by atoms with Gasteiger partial charge in [-0.1, -0.05) is 0 Å². The Morgan fingerprint density at radius 3 is 2.25 bits per heavy atom. The maximum Gasteiger partial charge on any atom is 0.307 e. The van der Waals surface area contributed by atoms with Crippen LogP contribution >= 0.6 is 8.15 Å². The monoisotopic (exact) mass is 134 g/mol. The Morgan fingerprint density at radius 2 is 2.12 bits per heavy atom. The van der Waals surface area contributed by atoms with Crippen molar-refractivity contribution in [3.8, 4) is 0 Å². The van der Waals surface area contributed by atoms with Gasteiger partial charge < -0.3 is 10.00 Å². The summed E-state index contributed by atoms with van der Waals surface area (Å²) >= 11 is 0. The number of hydrogen-bond donors (Lipinski definition) is 2. The van der Waals surface area contributed by atoms with Crippen LogP contribution in [-0.2, 0) is 4.79 Å². The van der Waals surface area contributed by atoms with Gasteiger partial charge in [-0.3, -0.25) is 4.79 Å². The van der Waals surface area contributed by atoms with E-state index in [9.17, 15) is 4.79 Å². The molecule has 0 aromatic carbocycles. The van der Waals surface area contributed by atoms with Gasteiger partial charge in [-0.2, -0.15) is 0 Å². The zero-order valence-electron chi connectivity index (χ0n) is 4.24. The Balaban J connectivity index is 2.25. The van der Waals surface area contributed by atoms with Crippen LogP contribution < -0.4 is 0 Å². The zero-order valence-corrected chi connectivity index (χ0v) is 5.14. The van der Waals surface area contributed by atoms with Crippen LogP contribution in [0.15, 0.2) is 0 Å². The van der Waals surface area contributed by atoms with E-state index in [1.165, 1.54) is 0 Å². The molecule has 0 radical (unpaired) electrons. The van der Waals surface area contributed by atoms with E-state index in [0.29, 0.717) is 12.3 Å². The van der Waals surface area contributed by atoms with Crippen molar-refractivity contribution in [2.45, 2.75) is 0 Å². The minimum absolute atomic E-state index is 0.244. The zero-order chi connectivity index (χ0) is 6.15. The van der Waals surface area contributed by atoms with Crippen molar-refractivity contribution < 1.29 is 14.8 Å². The van der Waals surface area contributed by atoms with Gasteiger partial charge in [0.15, 0.2) is 0 Å². The van der Waals surface area contributed by atoms with Crippen molar-refractivity contribution in [2.24, 2.45) is 5.92 Å². The SMILES string of the molecule is O=C(O)C1CP(O)C1. The Bertz CT molecular complexity index is 108. The molecule has 1 heterocycles. The summed E-state index contributed by atoms with van der Waals surface area (Å²) in [6, 6.07) is 0. The highest BCUT2D eigenvalue weighted by Crippen LogP contribution is 2.45. The molecule has 0 unspecified atom stereocenters. The van der Waals surface area contributed by atoms with E-state index >= 15 is 0 Å². The smallest absolute Gasteiger partial charge is 0.307 e. The van der Waals surface area contributed by atoms with Gasteiger partial charge in [0.1, 0.15) is 0 Å². The van der Waals surface area contributed by atoms with E-state index in [1.807, 2.05) is 0 Å². The molecule has 0 amide bonds. The number of carbonyl (C=O) groups is 1. The molecule has 1 aliphatic rings. The summed E-state index contributed by atoms with van der Waals surface area (Å²) in [5.74, 6) is -1.01. The molecule has 0 atom stereocenters. The predicted octanol–water partition coefficient (Wildman–Crippen LogP) is 0.0900. The fourth-order valence-corrected chi connectivity index (χ4v) is 1.83. The topological polar surface area (TPSA) is 57.5 Å². The normalized spacial score (nSPS) is 36.1. The van der Waals surface area contributed by atoms with Crippen LogP contribution in [-0.4, -0.2) is 28.3 Å². The second kappa shape index (κ2) is 2.00. The first-order valence-electron chi connectivity index (χ1n) is 2.37. The predicted molar refractivity (Wildman–Crippen MR) is 30.0 cm³/mol. The second-order valence-electron chi connectivity index (χ2n) is 1.91. The number of carboxylic acid groups (broad SMARTS) is 1. The summed E-state index contributed by atoms with van der Waals surface area (Å²) in [7, 11) is -0.870. The second-order valence-corrected chi connectivity index (χ2v) is 3.65. The Kier molecular flexibility index (Phi) is 1.49. The summed E-state index contributed by atoms with van der Waals surface area (Å²) in [4.78, 5) is 18.7. The van der Waals surface area contributed by atoms with E-state index in [-0.39, 0.29) is 5.92 Å². The molecule has 2 N–H and O–H groups in total. The summed E-state index contributed by atoms with van der Waals surface area (Å²) in [6.07, 6.45) is 1.01. The minimum atomic E-state index is -0.870. The van der Waals surface area contributed by atoms with Crippen LogP contribution in [0.3, 0.4) is 0 Å². The van der Waals surface area contributed by atoms with Gasteiger partial charge in [-0.25, -0.2) is 0 Å². The number of hydrogen-bond acceptors (Lipinski definition) is 2. The molecular formula is C4H7O3P. The lowest BCUT2D eigenvalue weighted by molar-refractivity contribution is -0.140. The Labute approximate surface area is 48.2 Å². The summed E-state index contributed by atoms with van der Waals surface area (Å²) in [5.41, 5.74) is 0. The van der Waals surface area contributed by atoms with Gasteiger partial charge in [0, 0.05) is 20.5 Å². The van der Waals surface area contributed by atoms with Crippen LogP contribution in [0.5, 0.6) is 0 Å². The molecule has 1 rings (SSSR count). The third-order valence-electron chi connectivity index (χ3n) is 1.21. The van der Waals surface area contributed by atoms with E-state index in [2.05, 4.69) is 0 Å². The standard InChI is InChI=1S/C4H7O3P/c5-4(6)3-1-8(7)2-3/h3,7H,1-2H2,(H,5,6). The quantitative estimate of drug-likeness (QED) is 0.499. The van der Waals surface area contributed by atoms with Crippen molar-refractivity contribution >= 4 is 14.1 Å². The average molecular weight is 134 g/mol. The molecule has 0 spiro atoms. The van der Waals surface area contributed by atoms with Gasteiger partial charge in [-0.15, -0.1) is 0 Å². The molecule has 1 fully saturated rings. The summed E-state index contributed by atoms with van der Waals surface area (Å²) < 4.78 is 0. The van der Waals surface area contributed by atoms with E-state index < -0.39 is 14.1 Å². The van der Waals surface area contributed by atoms with Crippen LogP contribution in [0.25, 0.3) is 0 Å². The van der Waals surface area contributed by atoms with Crippen LogP contribution in [0.1, 0.15) is 0 Å². The Morgan fingerprint density at radius 1 is 1.62 bits per heavy atom. The molecule has 46 valence electrons. The molecule has 1 saturated heterocycles. The third kappa shape index (κ3) is 0.984. The van der Waals surface area contributed by atoms with Crippen LogP contribution in [0, 0.1) is 5.92 Å². The molecule has 8 heavy (non-hydrogen) atoms. The number of carboxylic acids is 1. The molecule has 0 saturated carbocycles. The highest BCUT2D eigenvalue weighted by Gasteiger charge is 2.32. The van der Waals surface area contributed by atoms with Crippen molar-refractivity contribution in [1.29, 1.82) is 0 Å². The van der Waals surface area contributed by atoms with E-state index in [1.54, 1.807) is 0 Å². The maximum absolute atomic E-state index is 10.0. The molecule has 1 aliphatic heterocycles. The first-order chi connectivity index (χ1) is 3.70. The summed E-state index contributed by atoms with van der Waals surface area (Å²) in [6.45, 7) is 0. The fourth-order valence-electron chi connectivity index (χ4n) is 0.612. The molecule has 0 bridgehead atoms. The van der Waals surface area contributed by atoms with Crippen molar-refractivity contribution in [1.82, 2.24) is 0 Å². The van der Waals surface area contributed by atoms with Crippen molar-refractivity contribution in [3.05, 3.63) is 0 Å². The van der Waals surface area contributed by atoms with E-state index in [0.717, 1.165) is 0 Å². The van der Waals surface area contributed by atoms with Gasteiger partial charge in [0.2, 0.25) is 0 Å². The fraction of sp³-hybridized carbons (Fsp3) is 0.750. The number of aliphatic carboxylic acids is 1. The average Bonchev–Trinajstić information content (AvgIpc) is 1.57. The van der Waals surface area contributed by atoms with Gasteiger partial charge in [0.25, 0.3) is 0 Å². The Hall–Kier alpha value is -0.140. The first-order valence-corrected chi connectivity index (χ1v) is 4.03. The molecular weight excluding hydrogens is 127 g/mol.